The highest BCUT2D eigenvalue weighted by Crippen LogP contribution is 2.34. The van der Waals surface area contributed by atoms with E-state index < -0.39 is 0 Å². The minimum absolute atomic E-state index is 0.100. The van der Waals surface area contributed by atoms with Crippen molar-refractivity contribution in [2.24, 2.45) is 0 Å². The van der Waals surface area contributed by atoms with Crippen LogP contribution in [-0.2, 0) is 0 Å². The van der Waals surface area contributed by atoms with Gasteiger partial charge in [0, 0.05) is 37.6 Å². The summed E-state index contributed by atoms with van der Waals surface area (Å²) >= 11 is 0. The number of benzene rings is 1. The van der Waals surface area contributed by atoms with Crippen LogP contribution in [0.4, 0.5) is 5.82 Å². The van der Waals surface area contributed by atoms with Crippen LogP contribution in [0.15, 0.2) is 18.5 Å². The molecular weight excluding hydrogens is 256 g/mol. The molecule has 20 heavy (non-hydrogen) atoms. The first-order chi connectivity index (χ1) is 9.69. The molecule has 0 aliphatic carbocycles. The number of anilines is 1. The van der Waals surface area contributed by atoms with Crippen molar-refractivity contribution in [2.45, 2.75) is 0 Å². The van der Waals surface area contributed by atoms with Gasteiger partial charge in [0.1, 0.15) is 12.1 Å². The van der Waals surface area contributed by atoms with Crippen molar-refractivity contribution in [2.75, 3.05) is 45.2 Å². The van der Waals surface area contributed by atoms with E-state index in [0.717, 1.165) is 42.9 Å². The molecule has 1 saturated heterocycles. The van der Waals surface area contributed by atoms with Crippen LogP contribution in [-0.4, -0.2) is 60.3 Å². The van der Waals surface area contributed by atoms with E-state index >= 15 is 0 Å². The van der Waals surface area contributed by atoms with Gasteiger partial charge in [-0.2, -0.15) is 0 Å². The lowest BCUT2D eigenvalue weighted by molar-refractivity contribution is 0.312. The zero-order valence-electron chi connectivity index (χ0n) is 11.7. The molecule has 0 amide bonds. The van der Waals surface area contributed by atoms with E-state index in [0.29, 0.717) is 5.75 Å². The normalized spacial score (nSPS) is 16.6. The van der Waals surface area contributed by atoms with Crippen molar-refractivity contribution in [1.82, 2.24) is 14.9 Å². The SMILES string of the molecule is COc1cc2c(N3CCN(C)CC3)ncnc2cc1O. The molecule has 6 heteroatoms. The van der Waals surface area contributed by atoms with Gasteiger partial charge in [0.15, 0.2) is 11.5 Å². The Balaban J connectivity index is 2.06. The largest absolute Gasteiger partial charge is 0.504 e. The van der Waals surface area contributed by atoms with Crippen molar-refractivity contribution >= 4 is 16.7 Å². The van der Waals surface area contributed by atoms with E-state index in [1.165, 1.54) is 0 Å². The van der Waals surface area contributed by atoms with Gasteiger partial charge in [0.05, 0.1) is 12.6 Å². The molecule has 0 spiro atoms. The third kappa shape index (κ3) is 2.22. The second-order valence-corrected chi connectivity index (χ2v) is 5.03. The number of likely N-dealkylation sites (N-methyl/N-ethyl adjacent to an activating group) is 1. The number of rotatable bonds is 2. The summed E-state index contributed by atoms with van der Waals surface area (Å²) < 4.78 is 5.18. The Labute approximate surface area is 117 Å². The summed E-state index contributed by atoms with van der Waals surface area (Å²) in [6.07, 6.45) is 1.54. The van der Waals surface area contributed by atoms with Crippen LogP contribution < -0.4 is 9.64 Å². The van der Waals surface area contributed by atoms with Crippen LogP contribution >= 0.6 is 0 Å². The number of hydrogen-bond acceptors (Lipinski definition) is 6. The highest BCUT2D eigenvalue weighted by molar-refractivity contribution is 5.91. The summed E-state index contributed by atoms with van der Waals surface area (Å²) in [5, 5.41) is 10.7. The van der Waals surface area contributed by atoms with E-state index in [1.807, 2.05) is 0 Å². The van der Waals surface area contributed by atoms with E-state index in [-0.39, 0.29) is 5.75 Å². The second kappa shape index (κ2) is 5.13. The average Bonchev–Trinajstić information content (AvgIpc) is 2.46. The van der Waals surface area contributed by atoms with Gasteiger partial charge >= 0.3 is 0 Å². The number of piperazine rings is 1. The number of phenols is 1. The van der Waals surface area contributed by atoms with Gasteiger partial charge < -0.3 is 19.6 Å². The number of methoxy groups -OCH3 is 1. The van der Waals surface area contributed by atoms with Crippen molar-refractivity contribution in [3.05, 3.63) is 18.5 Å². The Morgan fingerprint density at radius 1 is 1.15 bits per heavy atom. The Morgan fingerprint density at radius 3 is 2.60 bits per heavy atom. The number of aromatic nitrogens is 2. The predicted octanol–water partition coefficient (Wildman–Crippen LogP) is 1.10. The lowest BCUT2D eigenvalue weighted by atomic mass is 10.2. The van der Waals surface area contributed by atoms with E-state index in [9.17, 15) is 5.11 Å². The number of hydrogen-bond donors (Lipinski definition) is 1. The van der Waals surface area contributed by atoms with Crippen LogP contribution in [0.5, 0.6) is 11.5 Å². The molecule has 1 fully saturated rings. The zero-order valence-corrected chi connectivity index (χ0v) is 11.7. The van der Waals surface area contributed by atoms with Crippen molar-refractivity contribution < 1.29 is 9.84 Å². The minimum atomic E-state index is 0.100. The van der Waals surface area contributed by atoms with Gasteiger partial charge in [-0.15, -0.1) is 0 Å². The molecule has 1 aromatic heterocycles. The fraction of sp³-hybridized carbons (Fsp3) is 0.429. The average molecular weight is 274 g/mol. The maximum atomic E-state index is 9.84. The first kappa shape index (κ1) is 12.9. The molecule has 0 radical (unpaired) electrons. The maximum Gasteiger partial charge on any atom is 0.161 e. The maximum absolute atomic E-state index is 9.84. The van der Waals surface area contributed by atoms with Gasteiger partial charge in [-0.3, -0.25) is 0 Å². The first-order valence-corrected chi connectivity index (χ1v) is 6.64. The van der Waals surface area contributed by atoms with Gasteiger partial charge in [0.2, 0.25) is 0 Å². The number of nitrogens with zero attached hydrogens (tertiary/aromatic N) is 4. The monoisotopic (exact) mass is 274 g/mol. The molecule has 0 atom stereocenters. The summed E-state index contributed by atoms with van der Waals surface area (Å²) in [7, 11) is 3.66. The smallest absolute Gasteiger partial charge is 0.161 e. The fourth-order valence-corrected chi connectivity index (χ4v) is 2.49. The summed E-state index contributed by atoms with van der Waals surface area (Å²) in [5.74, 6) is 1.45. The molecule has 0 saturated carbocycles. The summed E-state index contributed by atoms with van der Waals surface area (Å²) in [6.45, 7) is 3.90. The molecule has 0 unspecified atom stereocenters. The number of aromatic hydroxyl groups is 1. The summed E-state index contributed by atoms with van der Waals surface area (Å²) in [5.41, 5.74) is 0.729. The molecule has 6 nitrogen and oxygen atoms in total. The third-order valence-corrected chi connectivity index (χ3v) is 3.72. The standard InChI is InChI=1S/C14H18N4O2/c1-17-3-5-18(6-4-17)14-10-7-13(20-2)12(19)8-11(10)15-9-16-14/h7-9,19H,3-6H2,1-2H3. The number of ether oxygens (including phenoxy) is 1. The highest BCUT2D eigenvalue weighted by atomic mass is 16.5. The lowest BCUT2D eigenvalue weighted by Crippen LogP contribution is -2.44. The van der Waals surface area contributed by atoms with Gasteiger partial charge in [-0.05, 0) is 13.1 Å². The fourth-order valence-electron chi connectivity index (χ4n) is 2.49. The third-order valence-electron chi connectivity index (χ3n) is 3.72. The van der Waals surface area contributed by atoms with Crippen molar-refractivity contribution in [1.29, 1.82) is 0 Å². The first-order valence-electron chi connectivity index (χ1n) is 6.64. The Hall–Kier alpha value is -2.08. The van der Waals surface area contributed by atoms with Crippen LogP contribution in [0.3, 0.4) is 0 Å². The molecule has 106 valence electrons. The predicted molar refractivity (Wildman–Crippen MR) is 77.5 cm³/mol. The van der Waals surface area contributed by atoms with Crippen LogP contribution in [0.1, 0.15) is 0 Å². The van der Waals surface area contributed by atoms with Gasteiger partial charge in [-0.1, -0.05) is 0 Å². The molecule has 2 heterocycles. The molecule has 1 aliphatic heterocycles. The van der Waals surface area contributed by atoms with Crippen LogP contribution in [0.25, 0.3) is 10.9 Å². The molecule has 1 aromatic carbocycles. The van der Waals surface area contributed by atoms with Gasteiger partial charge in [0.25, 0.3) is 0 Å². The number of phenolic OH excluding ortho intramolecular Hbond substituents is 1. The zero-order chi connectivity index (χ0) is 14.1. The minimum Gasteiger partial charge on any atom is -0.504 e. The van der Waals surface area contributed by atoms with E-state index in [2.05, 4.69) is 26.8 Å². The van der Waals surface area contributed by atoms with Crippen LogP contribution in [0.2, 0.25) is 0 Å². The summed E-state index contributed by atoms with van der Waals surface area (Å²) in [6, 6.07) is 3.42. The quantitative estimate of drug-likeness (QED) is 0.884. The molecule has 2 aromatic rings. The van der Waals surface area contributed by atoms with E-state index in [1.54, 1.807) is 25.6 Å². The Kier molecular flexibility index (Phi) is 3.31. The second-order valence-electron chi connectivity index (χ2n) is 5.03. The van der Waals surface area contributed by atoms with Crippen molar-refractivity contribution in [3.8, 4) is 11.5 Å². The molecule has 3 rings (SSSR count). The molecule has 1 N–H and O–H groups in total. The Bertz CT molecular complexity index is 624. The van der Waals surface area contributed by atoms with Crippen molar-refractivity contribution in [3.63, 3.8) is 0 Å². The van der Waals surface area contributed by atoms with Gasteiger partial charge in [-0.25, -0.2) is 9.97 Å². The topological polar surface area (TPSA) is 61.7 Å². The van der Waals surface area contributed by atoms with E-state index in [4.69, 9.17) is 4.74 Å². The Morgan fingerprint density at radius 2 is 1.90 bits per heavy atom. The molecule has 1 aliphatic rings. The summed E-state index contributed by atoms with van der Waals surface area (Å²) in [4.78, 5) is 13.2. The highest BCUT2D eigenvalue weighted by Gasteiger charge is 2.18. The molecular formula is C14H18N4O2. The molecule has 0 bridgehead atoms. The lowest BCUT2D eigenvalue weighted by Gasteiger charge is -2.33. The van der Waals surface area contributed by atoms with Crippen LogP contribution in [0, 0.1) is 0 Å². The number of fused-ring (bicyclic) bond motifs is 1.